The summed E-state index contributed by atoms with van der Waals surface area (Å²) in [6.07, 6.45) is -0.593. The second kappa shape index (κ2) is 4.67. The number of benzene rings is 1. The van der Waals surface area contributed by atoms with Crippen LogP contribution in [0.15, 0.2) is 35.1 Å². The van der Waals surface area contributed by atoms with E-state index in [2.05, 4.69) is 0 Å². The van der Waals surface area contributed by atoms with Gasteiger partial charge < -0.3 is 14.2 Å². The molecule has 4 nitrogen and oxygen atoms in total. The van der Waals surface area contributed by atoms with Crippen molar-refractivity contribution < 1.29 is 19.0 Å². The first-order valence-electron chi connectivity index (χ1n) is 4.96. The highest BCUT2D eigenvalue weighted by molar-refractivity contribution is 6.33. The zero-order valence-electron chi connectivity index (χ0n) is 9.40. The minimum Gasteiger partial charge on any atom is -0.497 e. The third-order valence-electron chi connectivity index (χ3n) is 2.48. The van der Waals surface area contributed by atoms with E-state index < -0.39 is 12.1 Å². The molecule has 1 aromatic carbocycles. The normalized spacial score (nSPS) is 19.2. The summed E-state index contributed by atoms with van der Waals surface area (Å²) in [7, 11) is 2.97. The zero-order chi connectivity index (χ0) is 12.4. The Morgan fingerprint density at radius 1 is 1.18 bits per heavy atom. The van der Waals surface area contributed by atoms with Gasteiger partial charge in [-0.05, 0) is 17.7 Å². The zero-order valence-corrected chi connectivity index (χ0v) is 10.2. The van der Waals surface area contributed by atoms with Crippen molar-refractivity contribution in [1.82, 2.24) is 0 Å². The number of rotatable bonds is 3. The number of hydrogen-bond acceptors (Lipinski definition) is 4. The van der Waals surface area contributed by atoms with E-state index in [1.807, 2.05) is 0 Å². The Morgan fingerprint density at radius 3 is 2.29 bits per heavy atom. The van der Waals surface area contributed by atoms with E-state index in [-0.39, 0.29) is 10.8 Å². The Hall–Kier alpha value is -1.68. The van der Waals surface area contributed by atoms with Crippen molar-refractivity contribution in [2.75, 3.05) is 14.2 Å². The molecule has 0 unspecified atom stereocenters. The molecular formula is C12H11ClO4. The quantitative estimate of drug-likeness (QED) is 0.777. The molecule has 0 radical (unpaired) electrons. The molecule has 1 aromatic rings. The maximum Gasteiger partial charge on any atom is 0.375 e. The summed E-state index contributed by atoms with van der Waals surface area (Å²) in [5, 5.41) is 0.266. The first-order chi connectivity index (χ1) is 8.17. The van der Waals surface area contributed by atoms with E-state index in [1.165, 1.54) is 7.11 Å². The first kappa shape index (κ1) is 11.8. The molecule has 0 aliphatic carbocycles. The maximum atomic E-state index is 11.4. The predicted octanol–water partition coefficient (Wildman–Crippen LogP) is 2.39. The third kappa shape index (κ3) is 2.08. The van der Waals surface area contributed by atoms with Gasteiger partial charge in [-0.15, -0.1) is 0 Å². The van der Waals surface area contributed by atoms with Gasteiger partial charge in [0.1, 0.15) is 10.8 Å². The Kier molecular flexibility index (Phi) is 3.24. The van der Waals surface area contributed by atoms with Crippen molar-refractivity contribution >= 4 is 17.6 Å². The lowest BCUT2D eigenvalue weighted by molar-refractivity contribution is -0.142. The third-order valence-corrected chi connectivity index (χ3v) is 2.85. The molecule has 0 spiro atoms. The fraction of sp³-hybridized carbons (Fsp3) is 0.250. The van der Waals surface area contributed by atoms with Gasteiger partial charge in [-0.3, -0.25) is 0 Å². The number of methoxy groups -OCH3 is 2. The minimum absolute atomic E-state index is 0.0625. The van der Waals surface area contributed by atoms with Crippen LogP contribution in [0.25, 0.3) is 0 Å². The molecule has 1 aliphatic heterocycles. The van der Waals surface area contributed by atoms with Crippen LogP contribution in [0.3, 0.4) is 0 Å². The summed E-state index contributed by atoms with van der Waals surface area (Å²) in [5.41, 5.74) is 0.774. The maximum absolute atomic E-state index is 11.4. The van der Waals surface area contributed by atoms with Gasteiger partial charge in [0, 0.05) is 0 Å². The lowest BCUT2D eigenvalue weighted by Gasteiger charge is -2.10. The number of cyclic esters (lactones) is 1. The van der Waals surface area contributed by atoms with Crippen LogP contribution in [0, 0.1) is 0 Å². The molecule has 1 heterocycles. The summed E-state index contributed by atoms with van der Waals surface area (Å²) >= 11 is 6.02. The number of ether oxygens (including phenoxy) is 3. The second-order valence-electron chi connectivity index (χ2n) is 3.44. The van der Waals surface area contributed by atoms with Gasteiger partial charge in [-0.2, -0.15) is 0 Å². The van der Waals surface area contributed by atoms with Crippen LogP contribution in [0.1, 0.15) is 11.7 Å². The van der Waals surface area contributed by atoms with E-state index in [1.54, 1.807) is 31.4 Å². The standard InChI is InChI=1S/C12H11ClO4/c1-15-8-5-3-7(4-6-8)10-9(13)11(16-2)12(14)17-10/h3-6,10H,1-2H3/t10-/m1/s1. The molecule has 0 fully saturated rings. The van der Waals surface area contributed by atoms with Crippen molar-refractivity contribution in [3.63, 3.8) is 0 Å². The van der Waals surface area contributed by atoms with Gasteiger partial charge in [0.05, 0.1) is 14.2 Å². The Bertz CT molecular complexity index is 464. The topological polar surface area (TPSA) is 44.8 Å². The molecular weight excluding hydrogens is 244 g/mol. The van der Waals surface area contributed by atoms with Crippen molar-refractivity contribution in [2.45, 2.75) is 6.10 Å². The number of esters is 1. The largest absolute Gasteiger partial charge is 0.497 e. The number of halogens is 1. The molecule has 1 aliphatic rings. The molecule has 1 atom stereocenters. The monoisotopic (exact) mass is 254 g/mol. The van der Waals surface area contributed by atoms with Crippen molar-refractivity contribution in [1.29, 1.82) is 0 Å². The smallest absolute Gasteiger partial charge is 0.375 e. The van der Waals surface area contributed by atoms with Gasteiger partial charge in [0.25, 0.3) is 0 Å². The number of carbonyl (C=O) groups excluding carboxylic acids is 1. The number of hydrogen-bond donors (Lipinski definition) is 0. The molecule has 0 aromatic heterocycles. The van der Waals surface area contributed by atoms with Gasteiger partial charge in [-0.25, -0.2) is 4.79 Å². The lowest BCUT2D eigenvalue weighted by Crippen LogP contribution is -2.03. The molecule has 0 N–H and O–H groups in total. The SMILES string of the molecule is COC1=C(Cl)[C@@H](c2ccc(OC)cc2)OC1=O. The Morgan fingerprint density at radius 2 is 1.82 bits per heavy atom. The highest BCUT2D eigenvalue weighted by Crippen LogP contribution is 2.38. The van der Waals surface area contributed by atoms with Gasteiger partial charge in [-0.1, -0.05) is 23.7 Å². The first-order valence-corrected chi connectivity index (χ1v) is 5.33. The molecule has 0 saturated carbocycles. The van der Waals surface area contributed by atoms with E-state index in [4.69, 9.17) is 25.8 Å². The Labute approximate surface area is 104 Å². The van der Waals surface area contributed by atoms with Crippen LogP contribution in [0.5, 0.6) is 5.75 Å². The summed E-state index contributed by atoms with van der Waals surface area (Å²) < 4.78 is 15.1. The molecule has 0 saturated heterocycles. The van der Waals surface area contributed by atoms with Gasteiger partial charge in [0.15, 0.2) is 6.10 Å². The van der Waals surface area contributed by atoms with Crippen molar-refractivity contribution in [2.24, 2.45) is 0 Å². The molecule has 0 bridgehead atoms. The van der Waals surface area contributed by atoms with Crippen LogP contribution < -0.4 is 4.74 Å². The van der Waals surface area contributed by atoms with E-state index in [0.717, 1.165) is 11.3 Å². The van der Waals surface area contributed by atoms with E-state index in [9.17, 15) is 4.79 Å². The fourth-order valence-electron chi connectivity index (χ4n) is 1.60. The van der Waals surface area contributed by atoms with Gasteiger partial charge in [0.2, 0.25) is 5.76 Å². The average molecular weight is 255 g/mol. The Balaban J connectivity index is 2.29. The number of carbonyl (C=O) groups is 1. The van der Waals surface area contributed by atoms with Crippen LogP contribution >= 0.6 is 11.6 Å². The van der Waals surface area contributed by atoms with Crippen LogP contribution in [0.4, 0.5) is 0 Å². The summed E-state index contributed by atoms with van der Waals surface area (Å²) in [6.45, 7) is 0. The molecule has 2 rings (SSSR count). The molecule has 90 valence electrons. The molecule has 17 heavy (non-hydrogen) atoms. The highest BCUT2D eigenvalue weighted by atomic mass is 35.5. The minimum atomic E-state index is -0.593. The average Bonchev–Trinajstić information content (AvgIpc) is 2.64. The highest BCUT2D eigenvalue weighted by Gasteiger charge is 2.35. The summed E-state index contributed by atoms with van der Waals surface area (Å²) in [6, 6.07) is 7.13. The fourth-order valence-corrected chi connectivity index (χ4v) is 1.93. The molecule has 5 heteroatoms. The van der Waals surface area contributed by atoms with E-state index >= 15 is 0 Å². The van der Waals surface area contributed by atoms with Crippen LogP contribution in [0.2, 0.25) is 0 Å². The summed E-state index contributed by atoms with van der Waals surface area (Å²) in [5.74, 6) is 0.246. The second-order valence-corrected chi connectivity index (χ2v) is 3.85. The lowest BCUT2D eigenvalue weighted by atomic mass is 10.1. The van der Waals surface area contributed by atoms with Gasteiger partial charge >= 0.3 is 5.97 Å². The van der Waals surface area contributed by atoms with Crippen LogP contribution in [-0.4, -0.2) is 20.2 Å². The predicted molar refractivity (Wildman–Crippen MR) is 61.7 cm³/mol. The van der Waals surface area contributed by atoms with Crippen molar-refractivity contribution in [3.05, 3.63) is 40.6 Å². The van der Waals surface area contributed by atoms with Crippen LogP contribution in [-0.2, 0) is 14.3 Å². The van der Waals surface area contributed by atoms with E-state index in [0.29, 0.717) is 0 Å². The van der Waals surface area contributed by atoms with Crippen molar-refractivity contribution in [3.8, 4) is 5.75 Å². The molecule has 0 amide bonds. The summed E-state index contributed by atoms with van der Waals surface area (Å²) in [4.78, 5) is 11.4.